The van der Waals surface area contributed by atoms with E-state index >= 15 is 0 Å². The molecule has 1 aromatic rings. The third kappa shape index (κ3) is 3.09. The fraction of sp³-hybridized carbons (Fsp3) is 0.500. The molecule has 1 aromatic carbocycles. The lowest BCUT2D eigenvalue weighted by atomic mass is 9.81. The Hall–Kier alpha value is -1.31. The highest BCUT2D eigenvalue weighted by Crippen LogP contribution is 2.27. The molecular weight excluding hydrogens is 200 g/mol. The van der Waals surface area contributed by atoms with Crippen LogP contribution in [0.3, 0.4) is 0 Å². The molecule has 0 bridgehead atoms. The Bertz CT molecular complexity index is 339. The summed E-state index contributed by atoms with van der Waals surface area (Å²) < 4.78 is 5.32. The molecule has 2 heteroatoms. The second-order valence-electron chi connectivity index (χ2n) is 4.94. The van der Waals surface area contributed by atoms with Crippen molar-refractivity contribution in [2.24, 2.45) is 11.3 Å². The predicted molar refractivity (Wildman–Crippen MR) is 64.9 cm³/mol. The van der Waals surface area contributed by atoms with Crippen molar-refractivity contribution in [3.05, 3.63) is 35.9 Å². The van der Waals surface area contributed by atoms with Crippen LogP contribution in [0.5, 0.6) is 0 Å². The molecule has 88 valence electrons. The minimum absolute atomic E-state index is 0.133. The van der Waals surface area contributed by atoms with E-state index in [0.29, 0.717) is 6.61 Å². The van der Waals surface area contributed by atoms with Crippen molar-refractivity contribution in [3.63, 3.8) is 0 Å². The molecule has 0 aromatic heterocycles. The lowest BCUT2D eigenvalue weighted by molar-refractivity contribution is -0.157. The van der Waals surface area contributed by atoms with Gasteiger partial charge >= 0.3 is 5.97 Å². The van der Waals surface area contributed by atoms with Crippen molar-refractivity contribution < 1.29 is 9.53 Å². The normalized spacial score (nSPS) is 11.6. The van der Waals surface area contributed by atoms with Crippen LogP contribution in [0.25, 0.3) is 0 Å². The van der Waals surface area contributed by atoms with Crippen LogP contribution >= 0.6 is 0 Å². The topological polar surface area (TPSA) is 26.3 Å². The van der Waals surface area contributed by atoms with Crippen molar-refractivity contribution in [2.45, 2.75) is 34.3 Å². The molecule has 0 aliphatic carbocycles. The van der Waals surface area contributed by atoms with Crippen LogP contribution in [0.15, 0.2) is 30.3 Å². The van der Waals surface area contributed by atoms with Gasteiger partial charge in [-0.2, -0.15) is 0 Å². The van der Waals surface area contributed by atoms with Crippen molar-refractivity contribution in [2.75, 3.05) is 0 Å². The van der Waals surface area contributed by atoms with E-state index in [4.69, 9.17) is 4.74 Å². The van der Waals surface area contributed by atoms with E-state index in [0.717, 1.165) is 5.56 Å². The van der Waals surface area contributed by atoms with Gasteiger partial charge < -0.3 is 4.74 Å². The Morgan fingerprint density at radius 1 is 1.25 bits per heavy atom. The molecule has 0 saturated heterocycles. The molecule has 0 saturated carbocycles. The number of carbonyl (C=O) groups is 1. The maximum atomic E-state index is 11.9. The summed E-state index contributed by atoms with van der Waals surface area (Å²) in [7, 11) is 0. The van der Waals surface area contributed by atoms with Crippen LogP contribution in [0.4, 0.5) is 0 Å². The van der Waals surface area contributed by atoms with Crippen LogP contribution < -0.4 is 0 Å². The van der Waals surface area contributed by atoms with Gasteiger partial charge in [0.1, 0.15) is 6.61 Å². The molecule has 0 N–H and O–H groups in total. The summed E-state index contributed by atoms with van der Waals surface area (Å²) in [6.45, 7) is 8.26. The number of hydrogen-bond donors (Lipinski definition) is 0. The van der Waals surface area contributed by atoms with Crippen molar-refractivity contribution in [1.29, 1.82) is 0 Å². The summed E-state index contributed by atoms with van der Waals surface area (Å²) in [5.74, 6) is 0.141. The first kappa shape index (κ1) is 12.8. The second kappa shape index (κ2) is 5.15. The van der Waals surface area contributed by atoms with Gasteiger partial charge in [0, 0.05) is 0 Å². The van der Waals surface area contributed by atoms with Crippen LogP contribution in [0, 0.1) is 11.3 Å². The van der Waals surface area contributed by atoms with Crippen molar-refractivity contribution in [1.82, 2.24) is 0 Å². The molecule has 1 rings (SSSR count). The highest BCUT2D eigenvalue weighted by atomic mass is 16.5. The zero-order valence-electron chi connectivity index (χ0n) is 10.5. The lowest BCUT2D eigenvalue weighted by Crippen LogP contribution is -2.31. The second-order valence-corrected chi connectivity index (χ2v) is 4.94. The quantitative estimate of drug-likeness (QED) is 0.727. The number of ether oxygens (including phenoxy) is 1. The Kier molecular flexibility index (Phi) is 4.11. The monoisotopic (exact) mass is 220 g/mol. The van der Waals surface area contributed by atoms with Gasteiger partial charge in [0.05, 0.1) is 5.41 Å². The predicted octanol–water partition coefficient (Wildman–Crippen LogP) is 3.41. The molecule has 0 unspecified atom stereocenters. The van der Waals surface area contributed by atoms with E-state index in [1.807, 2.05) is 58.0 Å². The van der Waals surface area contributed by atoms with Crippen molar-refractivity contribution >= 4 is 5.97 Å². The van der Waals surface area contributed by atoms with Gasteiger partial charge in [0.25, 0.3) is 0 Å². The molecule has 16 heavy (non-hydrogen) atoms. The Morgan fingerprint density at radius 3 is 2.31 bits per heavy atom. The molecule has 0 radical (unpaired) electrons. The van der Waals surface area contributed by atoms with Gasteiger partial charge in [-0.25, -0.2) is 0 Å². The Morgan fingerprint density at radius 2 is 1.81 bits per heavy atom. The summed E-state index contributed by atoms with van der Waals surface area (Å²) in [4.78, 5) is 11.9. The summed E-state index contributed by atoms with van der Waals surface area (Å²) in [5, 5.41) is 0. The third-order valence-electron chi connectivity index (χ3n) is 3.18. The van der Waals surface area contributed by atoms with E-state index in [9.17, 15) is 4.79 Å². The smallest absolute Gasteiger partial charge is 0.312 e. The first-order valence-corrected chi connectivity index (χ1v) is 5.65. The zero-order valence-corrected chi connectivity index (χ0v) is 10.5. The van der Waals surface area contributed by atoms with E-state index in [-0.39, 0.29) is 11.9 Å². The lowest BCUT2D eigenvalue weighted by Gasteiger charge is -2.26. The largest absolute Gasteiger partial charge is 0.460 e. The number of benzene rings is 1. The fourth-order valence-corrected chi connectivity index (χ4v) is 1.14. The standard InChI is InChI=1S/C14H20O2/c1-11(2)14(3,4)13(15)16-10-12-8-6-5-7-9-12/h5-9,11H,10H2,1-4H3. The molecule has 0 fully saturated rings. The van der Waals surface area contributed by atoms with Gasteiger partial charge in [-0.3, -0.25) is 4.79 Å². The Labute approximate surface area is 97.6 Å². The first-order valence-electron chi connectivity index (χ1n) is 5.65. The van der Waals surface area contributed by atoms with Gasteiger partial charge in [-0.05, 0) is 25.3 Å². The van der Waals surface area contributed by atoms with Crippen LogP contribution in [0.2, 0.25) is 0 Å². The molecule has 0 amide bonds. The SMILES string of the molecule is CC(C)C(C)(C)C(=O)OCc1ccccc1. The van der Waals surface area contributed by atoms with Gasteiger partial charge in [0.15, 0.2) is 0 Å². The average molecular weight is 220 g/mol. The zero-order chi connectivity index (χ0) is 12.2. The molecule has 0 aliphatic rings. The van der Waals surface area contributed by atoms with Crippen molar-refractivity contribution in [3.8, 4) is 0 Å². The molecule has 0 heterocycles. The maximum Gasteiger partial charge on any atom is 0.312 e. The number of esters is 1. The minimum Gasteiger partial charge on any atom is -0.460 e. The molecule has 0 aliphatic heterocycles. The highest BCUT2D eigenvalue weighted by Gasteiger charge is 2.32. The Balaban J connectivity index is 2.54. The fourth-order valence-electron chi connectivity index (χ4n) is 1.14. The van der Waals surface area contributed by atoms with E-state index in [2.05, 4.69) is 0 Å². The molecule has 2 nitrogen and oxygen atoms in total. The van der Waals surface area contributed by atoms with Crippen LogP contribution in [0.1, 0.15) is 33.3 Å². The molecule has 0 spiro atoms. The van der Waals surface area contributed by atoms with Crippen LogP contribution in [-0.2, 0) is 16.1 Å². The summed E-state index contributed by atoms with van der Waals surface area (Å²) in [6.07, 6.45) is 0. The highest BCUT2D eigenvalue weighted by molar-refractivity contribution is 5.76. The first-order chi connectivity index (χ1) is 7.44. The number of hydrogen-bond acceptors (Lipinski definition) is 2. The number of rotatable bonds is 4. The summed E-state index contributed by atoms with van der Waals surface area (Å²) >= 11 is 0. The summed E-state index contributed by atoms with van der Waals surface area (Å²) in [6, 6.07) is 9.74. The van der Waals surface area contributed by atoms with E-state index in [1.165, 1.54) is 0 Å². The molecule has 0 atom stereocenters. The minimum atomic E-state index is -0.422. The molecular formula is C14H20O2. The maximum absolute atomic E-state index is 11.9. The van der Waals surface area contributed by atoms with Gasteiger partial charge in [-0.15, -0.1) is 0 Å². The average Bonchev–Trinajstić information content (AvgIpc) is 2.27. The third-order valence-corrected chi connectivity index (χ3v) is 3.18. The summed E-state index contributed by atoms with van der Waals surface area (Å²) in [5.41, 5.74) is 0.602. The van der Waals surface area contributed by atoms with E-state index in [1.54, 1.807) is 0 Å². The van der Waals surface area contributed by atoms with E-state index < -0.39 is 5.41 Å². The van der Waals surface area contributed by atoms with Crippen LogP contribution in [-0.4, -0.2) is 5.97 Å². The van der Waals surface area contributed by atoms with Gasteiger partial charge in [0.2, 0.25) is 0 Å². The van der Waals surface area contributed by atoms with Gasteiger partial charge in [-0.1, -0.05) is 44.2 Å². The number of carbonyl (C=O) groups excluding carboxylic acids is 1.